The summed E-state index contributed by atoms with van der Waals surface area (Å²) in [5, 5.41) is 0. The van der Waals surface area contributed by atoms with Crippen LogP contribution < -0.4 is 0 Å². The fraction of sp³-hybridized carbons (Fsp3) is 0.429. The summed E-state index contributed by atoms with van der Waals surface area (Å²) < 4.78 is 54.9. The van der Waals surface area contributed by atoms with Gasteiger partial charge in [-0.2, -0.15) is 8.61 Å². The van der Waals surface area contributed by atoms with E-state index >= 15 is 0 Å². The molecule has 8 heteroatoms. The molecule has 0 aromatic heterocycles. The smallest absolute Gasteiger partial charge is 0.207 e. The zero-order valence-electron chi connectivity index (χ0n) is 17.1. The second kappa shape index (κ2) is 8.55. The molecule has 3 rings (SSSR count). The Balaban J connectivity index is 1.78. The van der Waals surface area contributed by atoms with Gasteiger partial charge in [-0.25, -0.2) is 16.8 Å². The number of benzene rings is 2. The van der Waals surface area contributed by atoms with Gasteiger partial charge in [-0.3, -0.25) is 0 Å². The van der Waals surface area contributed by atoms with Gasteiger partial charge in [0.25, 0.3) is 0 Å². The SMILES string of the molecule is CCc1ccc(S(=O)(=O)N2CCN(S(=O)(=O)c3ccc(CC)cc3)C(C)C2)cc1. The number of sulfonamides is 2. The first kappa shape index (κ1) is 22.0. The molecule has 6 nitrogen and oxygen atoms in total. The van der Waals surface area contributed by atoms with Crippen molar-refractivity contribution in [1.29, 1.82) is 0 Å². The lowest BCUT2D eigenvalue weighted by molar-refractivity contribution is 0.212. The van der Waals surface area contributed by atoms with E-state index in [0.717, 1.165) is 24.0 Å². The average molecular weight is 437 g/mol. The highest BCUT2D eigenvalue weighted by atomic mass is 32.2. The predicted octanol–water partition coefficient (Wildman–Crippen LogP) is 2.90. The lowest BCUT2D eigenvalue weighted by Gasteiger charge is -2.38. The second-order valence-corrected chi connectivity index (χ2v) is 11.2. The molecule has 1 aliphatic rings. The monoisotopic (exact) mass is 436 g/mol. The number of rotatable bonds is 6. The molecule has 0 saturated carbocycles. The molecule has 29 heavy (non-hydrogen) atoms. The Labute approximate surface area is 174 Å². The van der Waals surface area contributed by atoms with Crippen LogP contribution in [0.4, 0.5) is 0 Å². The van der Waals surface area contributed by atoms with Gasteiger partial charge >= 0.3 is 0 Å². The van der Waals surface area contributed by atoms with E-state index in [4.69, 9.17) is 0 Å². The van der Waals surface area contributed by atoms with Crippen LogP contribution in [0.15, 0.2) is 58.3 Å². The van der Waals surface area contributed by atoms with Gasteiger partial charge in [0.05, 0.1) is 9.79 Å². The minimum absolute atomic E-state index is 0.129. The van der Waals surface area contributed by atoms with E-state index in [1.165, 1.54) is 8.61 Å². The van der Waals surface area contributed by atoms with E-state index in [1.807, 2.05) is 38.1 Å². The van der Waals surface area contributed by atoms with Crippen LogP contribution in [0.25, 0.3) is 0 Å². The summed E-state index contributed by atoms with van der Waals surface area (Å²) in [5.41, 5.74) is 2.14. The molecular weight excluding hydrogens is 408 g/mol. The minimum Gasteiger partial charge on any atom is -0.207 e. The molecule has 2 aromatic rings. The molecule has 0 radical (unpaired) electrons. The fourth-order valence-electron chi connectivity index (χ4n) is 3.56. The normalized spacial score (nSPS) is 19.3. The Hall–Kier alpha value is -1.74. The average Bonchev–Trinajstić information content (AvgIpc) is 2.73. The van der Waals surface area contributed by atoms with Gasteiger partial charge in [-0.1, -0.05) is 38.1 Å². The molecule has 1 aliphatic heterocycles. The van der Waals surface area contributed by atoms with E-state index in [9.17, 15) is 16.8 Å². The van der Waals surface area contributed by atoms with Crippen molar-refractivity contribution >= 4 is 20.0 Å². The quantitative estimate of drug-likeness (QED) is 0.698. The van der Waals surface area contributed by atoms with Crippen LogP contribution in [0.2, 0.25) is 0 Å². The molecular formula is C21H28N2O4S2. The molecule has 0 spiro atoms. The standard InChI is InChI=1S/C21H28N2O4S2/c1-4-18-6-10-20(11-7-18)28(24,25)22-14-15-23(17(3)16-22)29(26,27)21-12-8-19(5-2)9-13-21/h6-13,17H,4-5,14-16H2,1-3H3. The molecule has 0 amide bonds. The van der Waals surface area contributed by atoms with Crippen LogP contribution in [0, 0.1) is 0 Å². The van der Waals surface area contributed by atoms with E-state index in [-0.39, 0.29) is 29.4 Å². The Morgan fingerprint density at radius 3 is 1.62 bits per heavy atom. The summed E-state index contributed by atoms with van der Waals surface area (Å²) in [5.74, 6) is 0. The second-order valence-electron chi connectivity index (χ2n) is 7.32. The maximum Gasteiger partial charge on any atom is 0.243 e. The van der Waals surface area contributed by atoms with Crippen molar-refractivity contribution in [2.45, 2.75) is 49.4 Å². The van der Waals surface area contributed by atoms with Crippen molar-refractivity contribution in [2.24, 2.45) is 0 Å². The molecule has 2 aromatic carbocycles. The number of nitrogens with zero attached hydrogens (tertiary/aromatic N) is 2. The molecule has 0 N–H and O–H groups in total. The number of aryl methyl sites for hydroxylation is 2. The van der Waals surface area contributed by atoms with Gasteiger partial charge in [0, 0.05) is 25.7 Å². The van der Waals surface area contributed by atoms with E-state index in [0.29, 0.717) is 0 Å². The van der Waals surface area contributed by atoms with Gasteiger partial charge < -0.3 is 0 Å². The highest BCUT2D eigenvalue weighted by molar-refractivity contribution is 7.89. The van der Waals surface area contributed by atoms with Crippen molar-refractivity contribution in [1.82, 2.24) is 8.61 Å². The van der Waals surface area contributed by atoms with Gasteiger partial charge in [0.15, 0.2) is 0 Å². The lowest BCUT2D eigenvalue weighted by atomic mass is 10.2. The van der Waals surface area contributed by atoms with Gasteiger partial charge in [-0.05, 0) is 55.2 Å². The first-order valence-corrected chi connectivity index (χ1v) is 12.8. The Morgan fingerprint density at radius 2 is 1.21 bits per heavy atom. The first-order valence-electron chi connectivity index (χ1n) is 9.90. The van der Waals surface area contributed by atoms with Gasteiger partial charge in [-0.15, -0.1) is 0 Å². The summed E-state index contributed by atoms with van der Waals surface area (Å²) in [4.78, 5) is 0.487. The van der Waals surface area contributed by atoms with Crippen LogP contribution in [0.1, 0.15) is 31.9 Å². The fourth-order valence-corrected chi connectivity index (χ4v) is 6.69. The highest BCUT2D eigenvalue weighted by Gasteiger charge is 2.38. The number of piperazine rings is 1. The van der Waals surface area contributed by atoms with Gasteiger partial charge in [0.2, 0.25) is 20.0 Å². The summed E-state index contributed by atoms with van der Waals surface area (Å²) in [6, 6.07) is 13.3. The molecule has 0 aliphatic carbocycles. The summed E-state index contributed by atoms with van der Waals surface area (Å²) >= 11 is 0. The molecule has 0 bridgehead atoms. The van der Waals surface area contributed by atoms with Crippen molar-refractivity contribution in [3.63, 3.8) is 0 Å². The summed E-state index contributed by atoms with van der Waals surface area (Å²) in [6.07, 6.45) is 1.68. The lowest BCUT2D eigenvalue weighted by Crippen LogP contribution is -2.55. The summed E-state index contributed by atoms with van der Waals surface area (Å²) in [7, 11) is -7.32. The highest BCUT2D eigenvalue weighted by Crippen LogP contribution is 2.25. The molecule has 158 valence electrons. The number of hydrogen-bond donors (Lipinski definition) is 0. The summed E-state index contributed by atoms with van der Waals surface area (Å²) in [6.45, 7) is 6.17. The van der Waals surface area contributed by atoms with E-state index in [2.05, 4.69) is 0 Å². The molecule has 1 atom stereocenters. The van der Waals surface area contributed by atoms with Crippen LogP contribution in [-0.2, 0) is 32.9 Å². The van der Waals surface area contributed by atoms with Crippen LogP contribution in [0.5, 0.6) is 0 Å². The Kier molecular flexibility index (Phi) is 6.48. The van der Waals surface area contributed by atoms with E-state index in [1.54, 1.807) is 31.2 Å². The third-order valence-electron chi connectivity index (χ3n) is 5.44. The first-order chi connectivity index (χ1) is 13.7. The molecule has 1 fully saturated rings. The predicted molar refractivity (Wildman–Crippen MR) is 114 cm³/mol. The van der Waals surface area contributed by atoms with Crippen molar-refractivity contribution in [3.05, 3.63) is 59.7 Å². The maximum atomic E-state index is 13.1. The zero-order chi connectivity index (χ0) is 21.2. The van der Waals surface area contributed by atoms with Crippen LogP contribution in [-0.4, -0.2) is 51.1 Å². The third-order valence-corrected chi connectivity index (χ3v) is 9.34. The zero-order valence-corrected chi connectivity index (χ0v) is 18.7. The van der Waals surface area contributed by atoms with Crippen molar-refractivity contribution in [2.75, 3.05) is 19.6 Å². The maximum absolute atomic E-state index is 13.1. The van der Waals surface area contributed by atoms with Crippen molar-refractivity contribution < 1.29 is 16.8 Å². The van der Waals surface area contributed by atoms with Gasteiger partial charge in [0.1, 0.15) is 0 Å². The molecule has 1 saturated heterocycles. The van der Waals surface area contributed by atoms with Crippen LogP contribution >= 0.6 is 0 Å². The largest absolute Gasteiger partial charge is 0.243 e. The molecule has 1 heterocycles. The van der Waals surface area contributed by atoms with Crippen molar-refractivity contribution in [3.8, 4) is 0 Å². The minimum atomic E-state index is -3.67. The molecule has 1 unspecified atom stereocenters. The number of hydrogen-bond acceptors (Lipinski definition) is 4. The van der Waals surface area contributed by atoms with Crippen LogP contribution in [0.3, 0.4) is 0 Å². The Bertz CT molecular complexity index is 1050. The Morgan fingerprint density at radius 1 is 0.759 bits per heavy atom. The van der Waals surface area contributed by atoms with E-state index < -0.39 is 26.1 Å². The third kappa shape index (κ3) is 4.40. The topological polar surface area (TPSA) is 74.8 Å².